The van der Waals surface area contributed by atoms with Crippen molar-refractivity contribution < 1.29 is 18.7 Å². The third-order valence-electron chi connectivity index (χ3n) is 5.90. The lowest BCUT2D eigenvalue weighted by molar-refractivity contribution is 0.111. The molecule has 5 aromatic rings. The number of hydrogen-bond acceptors (Lipinski definition) is 5. The number of rotatable bonds is 7. The Morgan fingerprint density at radius 3 is 1.63 bits per heavy atom. The fourth-order valence-corrected chi connectivity index (χ4v) is 4.45. The fourth-order valence-electron chi connectivity index (χ4n) is 4.45. The molecule has 0 N–H and O–H groups in total. The van der Waals surface area contributed by atoms with Crippen LogP contribution in [0.2, 0.25) is 0 Å². The summed E-state index contributed by atoms with van der Waals surface area (Å²) in [7, 11) is 0. The molecule has 0 atom stereocenters. The van der Waals surface area contributed by atoms with Crippen molar-refractivity contribution in [1.82, 2.24) is 9.97 Å². The molecule has 5 nitrogen and oxygen atoms in total. The highest BCUT2D eigenvalue weighted by Gasteiger charge is 2.31. The van der Waals surface area contributed by atoms with Crippen molar-refractivity contribution >= 4 is 27.8 Å². The van der Waals surface area contributed by atoms with Gasteiger partial charge in [-0.1, -0.05) is 48.5 Å². The molecule has 0 radical (unpaired) electrons. The topological polar surface area (TPSA) is 61.3 Å². The van der Waals surface area contributed by atoms with Crippen LogP contribution in [0.25, 0.3) is 44.1 Å². The van der Waals surface area contributed by atoms with Gasteiger partial charge in [0.15, 0.2) is 6.29 Å². The van der Waals surface area contributed by atoms with Crippen LogP contribution in [0.5, 0.6) is 11.5 Å². The molecule has 35 heavy (non-hydrogen) atoms. The zero-order valence-corrected chi connectivity index (χ0v) is 19.4. The van der Waals surface area contributed by atoms with E-state index in [1.165, 1.54) is 0 Å². The SMILES string of the molecule is CCOc1c(C=O)c(OCC)c(-c2nccc3ccccc23)c(F)c1-c1nccc2ccccc12. The number of aldehydes is 1. The van der Waals surface area contributed by atoms with Crippen molar-refractivity contribution in [2.75, 3.05) is 13.2 Å². The van der Waals surface area contributed by atoms with Gasteiger partial charge in [0.2, 0.25) is 0 Å². The van der Waals surface area contributed by atoms with Gasteiger partial charge in [0.1, 0.15) is 17.3 Å². The van der Waals surface area contributed by atoms with Gasteiger partial charge in [0.05, 0.1) is 41.3 Å². The summed E-state index contributed by atoms with van der Waals surface area (Å²) in [6.45, 7) is 4.03. The van der Waals surface area contributed by atoms with Gasteiger partial charge >= 0.3 is 0 Å². The highest BCUT2D eigenvalue weighted by molar-refractivity contribution is 6.04. The first-order valence-electron chi connectivity index (χ1n) is 11.5. The van der Waals surface area contributed by atoms with E-state index in [2.05, 4.69) is 9.97 Å². The molecule has 2 heterocycles. The first-order valence-corrected chi connectivity index (χ1v) is 11.5. The van der Waals surface area contributed by atoms with Gasteiger partial charge in [-0.2, -0.15) is 0 Å². The second-order valence-corrected chi connectivity index (χ2v) is 7.88. The number of carbonyl (C=O) groups excluding carboxylic acids is 1. The summed E-state index contributed by atoms with van der Waals surface area (Å²) in [6, 6.07) is 18.9. The highest BCUT2D eigenvalue weighted by Crippen LogP contribution is 2.48. The predicted molar refractivity (Wildman–Crippen MR) is 136 cm³/mol. The Kier molecular flexibility index (Phi) is 6.10. The van der Waals surface area contributed by atoms with E-state index < -0.39 is 5.82 Å². The Hall–Kier alpha value is -4.32. The van der Waals surface area contributed by atoms with Gasteiger partial charge in [-0.25, -0.2) is 4.39 Å². The predicted octanol–water partition coefficient (Wildman–Crippen LogP) is 6.87. The molecular formula is C29H23FN2O3. The van der Waals surface area contributed by atoms with E-state index in [1.54, 1.807) is 26.2 Å². The van der Waals surface area contributed by atoms with Crippen LogP contribution in [-0.4, -0.2) is 29.5 Å². The molecule has 0 aliphatic rings. The van der Waals surface area contributed by atoms with Crippen LogP contribution >= 0.6 is 0 Å². The zero-order valence-electron chi connectivity index (χ0n) is 19.4. The summed E-state index contributed by atoms with van der Waals surface area (Å²) in [5.74, 6) is -0.386. The molecule has 0 spiro atoms. The third-order valence-corrected chi connectivity index (χ3v) is 5.90. The summed E-state index contributed by atoms with van der Waals surface area (Å²) in [6.07, 6.45) is 3.90. The maximum atomic E-state index is 16.8. The molecular weight excluding hydrogens is 443 g/mol. The summed E-state index contributed by atoms with van der Waals surface area (Å²) >= 11 is 0. The molecule has 3 aromatic carbocycles. The number of benzene rings is 3. The Bertz CT molecular complexity index is 1440. The van der Waals surface area contributed by atoms with Crippen LogP contribution in [0.15, 0.2) is 73.1 Å². The van der Waals surface area contributed by atoms with Crippen LogP contribution in [0, 0.1) is 5.82 Å². The van der Waals surface area contributed by atoms with Crippen molar-refractivity contribution in [3.63, 3.8) is 0 Å². The maximum absolute atomic E-state index is 16.8. The number of hydrogen-bond donors (Lipinski definition) is 0. The number of ether oxygens (including phenoxy) is 2. The second-order valence-electron chi connectivity index (χ2n) is 7.88. The van der Waals surface area contributed by atoms with E-state index in [1.807, 2.05) is 60.7 Å². The quantitative estimate of drug-likeness (QED) is 0.245. The van der Waals surface area contributed by atoms with Crippen molar-refractivity contribution in [3.8, 4) is 34.0 Å². The summed E-state index contributed by atoms with van der Waals surface area (Å²) in [5.41, 5.74) is 1.12. The standard InChI is InChI=1S/C29H23FN2O3/c1-3-34-28-22(17-33)29(35-4-2)24(27-21-12-8-6-10-19(21)14-16-32-27)25(30)23(28)26-20-11-7-5-9-18(20)13-15-31-26/h5-17H,3-4H2,1-2H3. The van der Waals surface area contributed by atoms with E-state index in [0.29, 0.717) is 17.7 Å². The normalized spacial score (nSPS) is 11.1. The number of fused-ring (bicyclic) bond motifs is 2. The number of halogens is 1. The first kappa shape index (κ1) is 22.5. The maximum Gasteiger partial charge on any atom is 0.157 e. The third kappa shape index (κ3) is 3.77. The Morgan fingerprint density at radius 2 is 1.20 bits per heavy atom. The minimum Gasteiger partial charge on any atom is -0.492 e. The van der Waals surface area contributed by atoms with E-state index in [-0.39, 0.29) is 41.4 Å². The lowest BCUT2D eigenvalue weighted by Crippen LogP contribution is -2.09. The van der Waals surface area contributed by atoms with Crippen LogP contribution in [0.1, 0.15) is 24.2 Å². The molecule has 0 bridgehead atoms. The minimum absolute atomic E-state index is 0.108. The van der Waals surface area contributed by atoms with E-state index in [9.17, 15) is 4.79 Å². The Balaban J connectivity index is 1.97. The lowest BCUT2D eigenvalue weighted by Gasteiger charge is -2.21. The monoisotopic (exact) mass is 466 g/mol. The minimum atomic E-state index is -0.602. The molecule has 174 valence electrons. The largest absolute Gasteiger partial charge is 0.492 e. The first-order chi connectivity index (χ1) is 17.2. The second kappa shape index (κ2) is 9.50. The number of nitrogens with zero attached hydrogens (tertiary/aromatic N) is 2. The zero-order chi connectivity index (χ0) is 24.4. The van der Waals surface area contributed by atoms with Crippen LogP contribution in [0.3, 0.4) is 0 Å². The lowest BCUT2D eigenvalue weighted by atomic mass is 9.93. The number of pyridine rings is 2. The number of carbonyl (C=O) groups is 1. The van der Waals surface area contributed by atoms with E-state index in [0.717, 1.165) is 21.5 Å². The van der Waals surface area contributed by atoms with Crippen LogP contribution < -0.4 is 9.47 Å². The fraction of sp³-hybridized carbons (Fsp3) is 0.138. The molecule has 2 aromatic heterocycles. The molecule has 0 aliphatic heterocycles. The Labute approximate surface area is 202 Å². The molecule has 6 heteroatoms. The molecule has 0 amide bonds. The van der Waals surface area contributed by atoms with E-state index in [4.69, 9.17) is 9.47 Å². The Morgan fingerprint density at radius 1 is 0.743 bits per heavy atom. The van der Waals surface area contributed by atoms with Crippen molar-refractivity contribution in [1.29, 1.82) is 0 Å². The molecule has 0 aliphatic carbocycles. The van der Waals surface area contributed by atoms with Gasteiger partial charge in [0, 0.05) is 23.2 Å². The van der Waals surface area contributed by atoms with Crippen molar-refractivity contribution in [2.45, 2.75) is 13.8 Å². The number of aromatic nitrogens is 2. The average Bonchev–Trinajstić information content (AvgIpc) is 2.89. The average molecular weight is 467 g/mol. The molecule has 0 fully saturated rings. The van der Waals surface area contributed by atoms with Gasteiger partial charge in [-0.3, -0.25) is 14.8 Å². The molecule has 5 rings (SSSR count). The van der Waals surface area contributed by atoms with E-state index >= 15 is 4.39 Å². The van der Waals surface area contributed by atoms with Gasteiger partial charge in [-0.15, -0.1) is 0 Å². The van der Waals surface area contributed by atoms with Crippen molar-refractivity contribution in [3.05, 3.63) is 84.4 Å². The molecule has 0 saturated carbocycles. The highest BCUT2D eigenvalue weighted by atomic mass is 19.1. The summed E-state index contributed by atoms with van der Waals surface area (Å²) in [5, 5.41) is 3.27. The van der Waals surface area contributed by atoms with Crippen LogP contribution in [0.4, 0.5) is 4.39 Å². The van der Waals surface area contributed by atoms with Crippen LogP contribution in [-0.2, 0) is 0 Å². The van der Waals surface area contributed by atoms with Gasteiger partial charge < -0.3 is 9.47 Å². The van der Waals surface area contributed by atoms with Crippen molar-refractivity contribution in [2.24, 2.45) is 0 Å². The summed E-state index contributed by atoms with van der Waals surface area (Å²) < 4.78 is 28.6. The smallest absolute Gasteiger partial charge is 0.157 e. The molecule has 0 unspecified atom stereocenters. The summed E-state index contributed by atoms with van der Waals surface area (Å²) in [4.78, 5) is 21.5. The van der Waals surface area contributed by atoms with Gasteiger partial charge in [0.25, 0.3) is 0 Å². The molecule has 0 saturated heterocycles. The van der Waals surface area contributed by atoms with Gasteiger partial charge in [-0.05, 0) is 36.8 Å².